The fraction of sp³-hybridized carbons (Fsp3) is 0.0323. The fourth-order valence-electron chi connectivity index (χ4n) is 11.3. The summed E-state index contributed by atoms with van der Waals surface area (Å²) in [4.78, 5) is 0. The molecule has 13 aromatic carbocycles. The summed E-state index contributed by atoms with van der Waals surface area (Å²) in [6.07, 6.45) is 0. The molecule has 0 aliphatic rings. The van der Waals surface area contributed by atoms with E-state index in [-0.39, 0.29) is 0 Å². The highest BCUT2D eigenvalue weighted by Crippen LogP contribution is 2.56. The largest absolute Gasteiger partial charge is 0.0622 e. The SMILES string of the molecule is Cc1cccc(C)c1-c1ccc2c(c1)c1cccc3c4c(-c5ccccc5-c5ccccc5)c5c6cccc7cccc(c5c(-c5ccccc5-c5ccccc5)c4cc2c13)c76. The Balaban J connectivity index is 1.30. The highest BCUT2D eigenvalue weighted by atomic mass is 14.3. The Kier molecular flexibility index (Phi) is 7.54. The summed E-state index contributed by atoms with van der Waals surface area (Å²) in [6.45, 7) is 4.47. The van der Waals surface area contributed by atoms with Gasteiger partial charge in [-0.3, -0.25) is 0 Å². The molecule has 0 heterocycles. The summed E-state index contributed by atoms with van der Waals surface area (Å²) >= 11 is 0. The zero-order chi connectivity index (χ0) is 41.1. The van der Waals surface area contributed by atoms with Gasteiger partial charge in [-0.1, -0.05) is 194 Å². The second-order valence-corrected chi connectivity index (χ2v) is 17.1. The molecule has 13 rings (SSSR count). The van der Waals surface area contributed by atoms with E-state index in [4.69, 9.17) is 0 Å². The van der Waals surface area contributed by atoms with Crippen molar-refractivity contribution in [2.45, 2.75) is 13.8 Å². The normalized spacial score (nSPS) is 12.0. The van der Waals surface area contributed by atoms with Crippen molar-refractivity contribution >= 4 is 75.4 Å². The molecule has 288 valence electrons. The Bertz CT molecular complexity index is 3880. The minimum absolute atomic E-state index is 1.22. The molecule has 0 saturated carbocycles. The molecule has 0 radical (unpaired) electrons. The van der Waals surface area contributed by atoms with E-state index < -0.39 is 0 Å². The number of benzene rings is 11. The second kappa shape index (κ2) is 13.4. The van der Waals surface area contributed by atoms with E-state index >= 15 is 0 Å². The number of rotatable bonds is 5. The van der Waals surface area contributed by atoms with Crippen LogP contribution in [0.1, 0.15) is 11.1 Å². The summed E-state index contributed by atoms with van der Waals surface area (Å²) in [6, 6.07) is 77.4. The standard InChI is InChI=1S/C62H40/c1-37-17-13-18-38(2)55(37)42-33-34-45-52(35-42)48-29-16-32-51-57(48)53(45)36-54-58(46-27-11-9-25-43(46)39-19-5-3-6-20-39)61-49-30-14-23-41-24-15-31-50(56(41)49)62(61)60(59(51)54)47-28-12-10-26-44(47)40-21-7-4-8-22-40/h3-36H,1-2H3. The summed E-state index contributed by atoms with van der Waals surface area (Å²) < 4.78 is 0. The molecule has 0 heteroatoms. The molecule has 0 spiro atoms. The van der Waals surface area contributed by atoms with Crippen LogP contribution in [0.4, 0.5) is 0 Å². The fourth-order valence-corrected chi connectivity index (χ4v) is 11.3. The Morgan fingerprint density at radius 2 is 0.726 bits per heavy atom. The molecule has 0 aromatic heterocycles. The second-order valence-electron chi connectivity index (χ2n) is 17.1. The molecule has 0 N–H and O–H groups in total. The maximum Gasteiger partial charge on any atom is -0.000697 e. The molecule has 0 saturated heterocycles. The van der Waals surface area contributed by atoms with Crippen molar-refractivity contribution in [2.75, 3.05) is 0 Å². The number of fused-ring (bicyclic) bond motifs is 8. The summed E-state index contributed by atoms with van der Waals surface area (Å²) in [5.74, 6) is 0. The van der Waals surface area contributed by atoms with Crippen LogP contribution in [0.25, 0.3) is 131 Å². The van der Waals surface area contributed by atoms with E-state index in [0.717, 1.165) is 0 Å². The highest BCUT2D eigenvalue weighted by molar-refractivity contribution is 6.45. The lowest BCUT2D eigenvalue weighted by molar-refractivity contribution is 1.38. The van der Waals surface area contributed by atoms with E-state index in [2.05, 4.69) is 220 Å². The quantitative estimate of drug-likeness (QED) is 0.153. The monoisotopic (exact) mass is 784 g/mol. The van der Waals surface area contributed by atoms with Crippen LogP contribution >= 0.6 is 0 Å². The first-order chi connectivity index (χ1) is 30.6. The van der Waals surface area contributed by atoms with Crippen molar-refractivity contribution in [3.63, 3.8) is 0 Å². The van der Waals surface area contributed by atoms with Crippen LogP contribution in [-0.4, -0.2) is 0 Å². The van der Waals surface area contributed by atoms with Gasteiger partial charge in [0.05, 0.1) is 0 Å². The topological polar surface area (TPSA) is 0 Å². The Hall–Kier alpha value is -7.80. The average Bonchev–Trinajstić information content (AvgIpc) is 3.82. The Labute approximate surface area is 360 Å². The van der Waals surface area contributed by atoms with Gasteiger partial charge in [0.15, 0.2) is 0 Å². The van der Waals surface area contributed by atoms with E-state index in [9.17, 15) is 0 Å². The maximum atomic E-state index is 2.57. The van der Waals surface area contributed by atoms with Crippen LogP contribution in [0, 0.1) is 13.8 Å². The molecule has 0 aliphatic carbocycles. The molecule has 62 heavy (non-hydrogen) atoms. The van der Waals surface area contributed by atoms with Crippen LogP contribution in [-0.2, 0) is 0 Å². The van der Waals surface area contributed by atoms with E-state index in [1.807, 2.05) is 0 Å². The van der Waals surface area contributed by atoms with Gasteiger partial charge >= 0.3 is 0 Å². The maximum absolute atomic E-state index is 2.57. The summed E-state index contributed by atoms with van der Waals surface area (Å²) in [7, 11) is 0. The first-order valence-corrected chi connectivity index (χ1v) is 21.8. The Morgan fingerprint density at radius 1 is 0.226 bits per heavy atom. The minimum atomic E-state index is 1.22. The predicted molar refractivity (Wildman–Crippen MR) is 268 cm³/mol. The molecule has 0 fully saturated rings. The highest BCUT2D eigenvalue weighted by Gasteiger charge is 2.28. The molecule has 0 nitrogen and oxygen atoms in total. The summed E-state index contributed by atoms with van der Waals surface area (Å²) in [5.41, 5.74) is 15.2. The van der Waals surface area contributed by atoms with E-state index in [0.29, 0.717) is 0 Å². The van der Waals surface area contributed by atoms with E-state index in [1.165, 1.54) is 142 Å². The van der Waals surface area contributed by atoms with Crippen molar-refractivity contribution < 1.29 is 0 Å². The van der Waals surface area contributed by atoms with Crippen molar-refractivity contribution in [3.8, 4) is 55.6 Å². The average molecular weight is 785 g/mol. The van der Waals surface area contributed by atoms with Gasteiger partial charge in [-0.05, 0) is 168 Å². The number of hydrogen-bond acceptors (Lipinski definition) is 0. The van der Waals surface area contributed by atoms with Crippen molar-refractivity contribution in [3.05, 3.63) is 217 Å². The van der Waals surface area contributed by atoms with Gasteiger partial charge in [-0.15, -0.1) is 0 Å². The molecule has 0 unspecified atom stereocenters. The van der Waals surface area contributed by atoms with Gasteiger partial charge in [0.1, 0.15) is 0 Å². The molecule has 0 bridgehead atoms. The van der Waals surface area contributed by atoms with Gasteiger partial charge in [-0.25, -0.2) is 0 Å². The number of hydrogen-bond donors (Lipinski definition) is 0. The third-order valence-corrected chi connectivity index (χ3v) is 13.8. The first kappa shape index (κ1) is 35.0. The summed E-state index contributed by atoms with van der Waals surface area (Å²) in [5, 5.41) is 18.3. The minimum Gasteiger partial charge on any atom is -0.0622 e. The zero-order valence-corrected chi connectivity index (χ0v) is 34.6. The van der Waals surface area contributed by atoms with Gasteiger partial charge < -0.3 is 0 Å². The van der Waals surface area contributed by atoms with Crippen LogP contribution in [0.15, 0.2) is 206 Å². The molecular weight excluding hydrogens is 745 g/mol. The lowest BCUT2D eigenvalue weighted by atomic mass is 9.81. The van der Waals surface area contributed by atoms with Crippen LogP contribution in [0.5, 0.6) is 0 Å². The third-order valence-electron chi connectivity index (χ3n) is 13.8. The van der Waals surface area contributed by atoms with Crippen LogP contribution in [0.2, 0.25) is 0 Å². The van der Waals surface area contributed by atoms with Gasteiger partial charge in [0.2, 0.25) is 0 Å². The molecule has 0 aliphatic heterocycles. The lowest BCUT2D eigenvalue weighted by Gasteiger charge is -2.22. The molecule has 13 aromatic rings. The molecular formula is C62H40. The zero-order valence-electron chi connectivity index (χ0n) is 34.6. The lowest BCUT2D eigenvalue weighted by Crippen LogP contribution is -1.94. The smallest absolute Gasteiger partial charge is 0.000697 e. The molecule has 0 atom stereocenters. The van der Waals surface area contributed by atoms with Gasteiger partial charge in [0.25, 0.3) is 0 Å². The predicted octanol–water partition coefficient (Wildman–Crippen LogP) is 17.6. The van der Waals surface area contributed by atoms with E-state index in [1.54, 1.807) is 0 Å². The van der Waals surface area contributed by atoms with Crippen molar-refractivity contribution in [1.29, 1.82) is 0 Å². The van der Waals surface area contributed by atoms with Crippen molar-refractivity contribution in [1.82, 2.24) is 0 Å². The molecule has 0 amide bonds. The van der Waals surface area contributed by atoms with Crippen molar-refractivity contribution in [2.24, 2.45) is 0 Å². The van der Waals surface area contributed by atoms with Crippen LogP contribution < -0.4 is 0 Å². The van der Waals surface area contributed by atoms with Gasteiger partial charge in [-0.2, -0.15) is 0 Å². The Morgan fingerprint density at radius 3 is 1.35 bits per heavy atom. The first-order valence-electron chi connectivity index (χ1n) is 21.8. The third kappa shape index (κ3) is 4.89. The van der Waals surface area contributed by atoms with Gasteiger partial charge in [0, 0.05) is 0 Å². The number of aryl methyl sites for hydroxylation is 2. The van der Waals surface area contributed by atoms with Crippen LogP contribution in [0.3, 0.4) is 0 Å².